The van der Waals surface area contributed by atoms with E-state index in [-0.39, 0.29) is 5.91 Å². The van der Waals surface area contributed by atoms with Crippen molar-refractivity contribution in [3.05, 3.63) is 70.9 Å². The number of likely N-dealkylation sites (N-methyl/N-ethyl adjacent to an activating group) is 1. The van der Waals surface area contributed by atoms with Gasteiger partial charge in [-0.15, -0.1) is 0 Å². The second-order valence-corrected chi connectivity index (χ2v) is 6.40. The number of rotatable bonds is 2. The number of aryl methyl sites for hydroxylation is 1. The summed E-state index contributed by atoms with van der Waals surface area (Å²) in [5.74, 6) is 0.135. The van der Waals surface area contributed by atoms with Crippen LogP contribution in [0.25, 0.3) is 10.9 Å². The van der Waals surface area contributed by atoms with Crippen molar-refractivity contribution in [3.8, 4) is 0 Å². The Kier molecular flexibility index (Phi) is 3.22. The van der Waals surface area contributed by atoms with Gasteiger partial charge in [0.2, 0.25) is 0 Å². The summed E-state index contributed by atoms with van der Waals surface area (Å²) in [4.78, 5) is 14.6. The summed E-state index contributed by atoms with van der Waals surface area (Å²) in [5, 5.41) is 1.23. The van der Waals surface area contributed by atoms with E-state index >= 15 is 0 Å². The van der Waals surface area contributed by atoms with Crippen molar-refractivity contribution in [2.75, 3.05) is 13.6 Å². The molecule has 0 fully saturated rings. The van der Waals surface area contributed by atoms with Crippen LogP contribution in [-0.2, 0) is 13.0 Å². The third-order valence-electron chi connectivity index (χ3n) is 4.75. The summed E-state index contributed by atoms with van der Waals surface area (Å²) in [6, 6.07) is 16.8. The predicted octanol–water partition coefficient (Wildman–Crippen LogP) is 3.63. The van der Waals surface area contributed by atoms with E-state index in [4.69, 9.17) is 0 Å². The number of amides is 1. The lowest BCUT2D eigenvalue weighted by molar-refractivity contribution is 0.0770. The van der Waals surface area contributed by atoms with Crippen molar-refractivity contribution in [3.63, 3.8) is 0 Å². The van der Waals surface area contributed by atoms with Gasteiger partial charge in [-0.3, -0.25) is 4.79 Å². The maximum Gasteiger partial charge on any atom is 0.270 e. The Balaban J connectivity index is 1.96. The molecule has 0 spiro atoms. The fraction of sp³-hybridized carbons (Fsp3) is 0.250. The molecule has 1 amide bonds. The Morgan fingerprint density at radius 2 is 1.87 bits per heavy atom. The van der Waals surface area contributed by atoms with E-state index in [0.29, 0.717) is 0 Å². The summed E-state index contributed by atoms with van der Waals surface area (Å²) in [7, 11) is 1.89. The number of benzene rings is 2. The van der Waals surface area contributed by atoms with Crippen LogP contribution in [0.5, 0.6) is 0 Å². The normalized spacial score (nSPS) is 14.3. The second kappa shape index (κ2) is 5.27. The minimum atomic E-state index is 0.135. The van der Waals surface area contributed by atoms with Gasteiger partial charge in [0.1, 0.15) is 5.69 Å². The summed E-state index contributed by atoms with van der Waals surface area (Å²) < 4.78 is 2.19. The lowest BCUT2D eigenvalue weighted by atomic mass is 10.0. The number of carbonyl (C=O) groups excluding carboxylic acids is 1. The molecule has 0 radical (unpaired) electrons. The molecule has 3 nitrogen and oxygen atoms in total. The SMILES string of the molecule is Cc1ccc2c(c1)c1c(n2Cc2ccccc2)C(=O)N(C)CC1. The molecule has 2 heterocycles. The molecule has 3 aromatic rings. The molecule has 1 aliphatic heterocycles. The topological polar surface area (TPSA) is 25.2 Å². The summed E-state index contributed by atoms with van der Waals surface area (Å²) in [6.07, 6.45) is 0.930. The fourth-order valence-corrected chi connectivity index (χ4v) is 3.53. The first-order valence-electron chi connectivity index (χ1n) is 8.06. The first-order chi connectivity index (χ1) is 11.1. The van der Waals surface area contributed by atoms with Crippen molar-refractivity contribution in [2.24, 2.45) is 0 Å². The Hall–Kier alpha value is -2.55. The monoisotopic (exact) mass is 304 g/mol. The highest BCUT2D eigenvalue weighted by Gasteiger charge is 2.29. The van der Waals surface area contributed by atoms with Crippen molar-refractivity contribution in [2.45, 2.75) is 19.9 Å². The zero-order chi connectivity index (χ0) is 16.0. The van der Waals surface area contributed by atoms with Gasteiger partial charge in [0, 0.05) is 31.0 Å². The van der Waals surface area contributed by atoms with E-state index in [9.17, 15) is 4.79 Å². The molecule has 23 heavy (non-hydrogen) atoms. The number of hydrogen-bond acceptors (Lipinski definition) is 1. The maximum absolute atomic E-state index is 12.8. The maximum atomic E-state index is 12.8. The van der Waals surface area contributed by atoms with E-state index in [0.717, 1.165) is 30.7 Å². The average Bonchev–Trinajstić information content (AvgIpc) is 2.86. The number of nitrogens with zero attached hydrogens (tertiary/aromatic N) is 2. The van der Waals surface area contributed by atoms with Crippen molar-refractivity contribution in [1.29, 1.82) is 0 Å². The fourth-order valence-electron chi connectivity index (χ4n) is 3.53. The van der Waals surface area contributed by atoms with Crippen LogP contribution < -0.4 is 0 Å². The Morgan fingerprint density at radius 1 is 1.09 bits per heavy atom. The zero-order valence-electron chi connectivity index (χ0n) is 13.5. The number of fused-ring (bicyclic) bond motifs is 3. The van der Waals surface area contributed by atoms with Crippen LogP contribution in [0.4, 0.5) is 0 Å². The lowest BCUT2D eigenvalue weighted by Gasteiger charge is -2.24. The number of carbonyl (C=O) groups is 1. The van der Waals surface area contributed by atoms with Crippen LogP contribution in [-0.4, -0.2) is 29.0 Å². The van der Waals surface area contributed by atoms with Crippen LogP contribution in [0.2, 0.25) is 0 Å². The van der Waals surface area contributed by atoms with Gasteiger partial charge in [-0.05, 0) is 36.6 Å². The van der Waals surface area contributed by atoms with Gasteiger partial charge < -0.3 is 9.47 Å². The van der Waals surface area contributed by atoms with Crippen LogP contribution >= 0.6 is 0 Å². The van der Waals surface area contributed by atoms with Crippen LogP contribution in [0.15, 0.2) is 48.5 Å². The van der Waals surface area contributed by atoms with E-state index < -0.39 is 0 Å². The van der Waals surface area contributed by atoms with Crippen molar-refractivity contribution in [1.82, 2.24) is 9.47 Å². The second-order valence-electron chi connectivity index (χ2n) is 6.40. The lowest BCUT2D eigenvalue weighted by Crippen LogP contribution is -2.35. The van der Waals surface area contributed by atoms with Crippen LogP contribution in [0.3, 0.4) is 0 Å². The molecule has 0 saturated carbocycles. The van der Waals surface area contributed by atoms with Crippen LogP contribution in [0, 0.1) is 6.92 Å². The van der Waals surface area contributed by atoms with Gasteiger partial charge in [-0.25, -0.2) is 0 Å². The van der Waals surface area contributed by atoms with Crippen LogP contribution in [0.1, 0.15) is 27.2 Å². The van der Waals surface area contributed by atoms with Gasteiger partial charge in [0.15, 0.2) is 0 Å². The predicted molar refractivity (Wildman–Crippen MR) is 92.9 cm³/mol. The molecule has 2 aromatic carbocycles. The standard InChI is InChI=1S/C20H20N2O/c1-14-8-9-18-17(12-14)16-10-11-21(2)20(23)19(16)22(18)13-15-6-4-3-5-7-15/h3-9,12H,10-11,13H2,1-2H3. The molecule has 0 aliphatic carbocycles. The minimum Gasteiger partial charge on any atom is -0.340 e. The molecule has 1 aliphatic rings. The van der Waals surface area contributed by atoms with E-state index in [2.05, 4.69) is 41.8 Å². The van der Waals surface area contributed by atoms with E-state index in [1.165, 1.54) is 22.1 Å². The van der Waals surface area contributed by atoms with Gasteiger partial charge in [0.25, 0.3) is 5.91 Å². The van der Waals surface area contributed by atoms with E-state index in [1.807, 2.05) is 30.1 Å². The molecule has 0 atom stereocenters. The molecular weight excluding hydrogens is 284 g/mol. The molecule has 0 unspecified atom stereocenters. The largest absolute Gasteiger partial charge is 0.340 e. The highest BCUT2D eigenvalue weighted by molar-refractivity contribution is 6.03. The minimum absolute atomic E-state index is 0.135. The number of hydrogen-bond donors (Lipinski definition) is 0. The smallest absolute Gasteiger partial charge is 0.270 e. The first kappa shape index (κ1) is 14.1. The summed E-state index contributed by atoms with van der Waals surface area (Å²) >= 11 is 0. The molecule has 4 rings (SSSR count). The zero-order valence-corrected chi connectivity index (χ0v) is 13.5. The molecule has 0 bridgehead atoms. The van der Waals surface area contributed by atoms with Gasteiger partial charge in [0.05, 0.1) is 0 Å². The molecule has 0 N–H and O–H groups in total. The molecular formula is C20H20N2O. The van der Waals surface area contributed by atoms with Gasteiger partial charge >= 0.3 is 0 Å². The van der Waals surface area contributed by atoms with Gasteiger partial charge in [-0.1, -0.05) is 42.0 Å². The average molecular weight is 304 g/mol. The first-order valence-corrected chi connectivity index (χ1v) is 8.06. The van der Waals surface area contributed by atoms with Crippen molar-refractivity contribution < 1.29 is 4.79 Å². The Labute approximate surface area is 136 Å². The highest BCUT2D eigenvalue weighted by Crippen LogP contribution is 2.31. The third-order valence-corrected chi connectivity index (χ3v) is 4.75. The summed E-state index contributed by atoms with van der Waals surface area (Å²) in [5.41, 5.74) is 5.69. The highest BCUT2D eigenvalue weighted by atomic mass is 16.2. The third kappa shape index (κ3) is 2.24. The van der Waals surface area contributed by atoms with E-state index in [1.54, 1.807) is 0 Å². The number of aromatic nitrogens is 1. The quantitative estimate of drug-likeness (QED) is 0.710. The molecule has 3 heteroatoms. The molecule has 1 aromatic heterocycles. The van der Waals surface area contributed by atoms with Crippen molar-refractivity contribution >= 4 is 16.8 Å². The Morgan fingerprint density at radius 3 is 2.65 bits per heavy atom. The van der Waals surface area contributed by atoms with Gasteiger partial charge in [-0.2, -0.15) is 0 Å². The molecule has 116 valence electrons. The summed E-state index contributed by atoms with van der Waals surface area (Å²) in [6.45, 7) is 3.64. The Bertz CT molecular complexity index is 893. The molecule has 0 saturated heterocycles.